The zero-order valence-corrected chi connectivity index (χ0v) is 37.6. The Kier molecular flexibility index (Phi) is 15.1. The standard InChI is InChI=1S/2C28H31NO2.H2S/c2*30-24-11-15-27-23(20-24)10-14-26(21-6-2-1-3-7-21)28(27)22-8-12-25(13-9-22)31-19-18-29-16-4-5-17-29;/h2*1-3,6-9,11-13,15,20,26,28,30H,4-5,10,14,16-19H2;1H2/t26-,28+;;/m1../s1. The molecule has 7 heteroatoms. The van der Waals surface area contributed by atoms with Gasteiger partial charge in [-0.2, -0.15) is 13.5 Å². The van der Waals surface area contributed by atoms with E-state index in [9.17, 15) is 10.2 Å². The van der Waals surface area contributed by atoms with Gasteiger partial charge in [-0.1, -0.05) is 97.1 Å². The van der Waals surface area contributed by atoms with Crippen LogP contribution in [0.2, 0.25) is 0 Å². The average Bonchev–Trinajstić information content (AvgIpc) is 4.05. The summed E-state index contributed by atoms with van der Waals surface area (Å²) in [7, 11) is 0. The maximum Gasteiger partial charge on any atom is 0.119 e. The van der Waals surface area contributed by atoms with Crippen LogP contribution >= 0.6 is 13.5 Å². The molecule has 2 saturated heterocycles. The van der Waals surface area contributed by atoms with E-state index in [1.54, 1.807) is 0 Å². The smallest absolute Gasteiger partial charge is 0.119 e. The van der Waals surface area contributed by atoms with Gasteiger partial charge in [-0.15, -0.1) is 0 Å². The molecule has 63 heavy (non-hydrogen) atoms. The molecule has 6 aromatic carbocycles. The lowest BCUT2D eigenvalue weighted by atomic mass is 9.69. The number of phenolic OH excluding ortho intramolecular Hbond substituents is 2. The van der Waals surface area contributed by atoms with Gasteiger partial charge < -0.3 is 19.7 Å². The Hall–Kier alpha value is -5.21. The fraction of sp³-hybridized carbons (Fsp3) is 0.357. The van der Waals surface area contributed by atoms with Gasteiger partial charge in [-0.25, -0.2) is 0 Å². The van der Waals surface area contributed by atoms with Crippen LogP contribution in [0.1, 0.15) is 107 Å². The molecule has 2 aliphatic heterocycles. The van der Waals surface area contributed by atoms with Crippen molar-refractivity contribution in [1.29, 1.82) is 0 Å². The minimum absolute atomic E-state index is 0. The van der Waals surface area contributed by atoms with E-state index >= 15 is 0 Å². The van der Waals surface area contributed by atoms with Gasteiger partial charge >= 0.3 is 0 Å². The van der Waals surface area contributed by atoms with Crippen molar-refractivity contribution < 1.29 is 19.7 Å². The molecule has 0 amide bonds. The third-order valence-corrected chi connectivity index (χ3v) is 13.9. The Morgan fingerprint density at radius 1 is 0.444 bits per heavy atom. The molecule has 0 saturated carbocycles. The SMILES string of the molecule is Oc1ccc2c(c1)CCC(c1ccccc1)C2c1ccc(OCCN2CCCC2)cc1.Oc1ccc2c(c1)CC[C@H](c1ccccc1)[C@@H]2c1ccc(OCCN2CCCC2)cc1.S. The van der Waals surface area contributed by atoms with Crippen molar-refractivity contribution in [3.05, 3.63) is 190 Å². The number of likely N-dealkylation sites (tertiary alicyclic amines) is 2. The molecule has 2 fully saturated rings. The van der Waals surface area contributed by atoms with Crippen molar-refractivity contribution in [3.63, 3.8) is 0 Å². The summed E-state index contributed by atoms with van der Waals surface area (Å²) < 4.78 is 12.1. The van der Waals surface area contributed by atoms with Crippen molar-refractivity contribution >= 4 is 13.5 Å². The zero-order valence-electron chi connectivity index (χ0n) is 36.6. The summed E-state index contributed by atoms with van der Waals surface area (Å²) in [6, 6.07) is 50.9. The van der Waals surface area contributed by atoms with E-state index in [0.717, 1.165) is 63.5 Å². The molecular weight excluding hydrogens is 797 g/mol. The number of fused-ring (bicyclic) bond motifs is 2. The van der Waals surface area contributed by atoms with Gasteiger partial charge in [0, 0.05) is 24.9 Å². The van der Waals surface area contributed by atoms with E-state index in [1.165, 1.54) is 96.4 Å². The summed E-state index contributed by atoms with van der Waals surface area (Å²) in [6.07, 6.45) is 9.43. The van der Waals surface area contributed by atoms with Gasteiger partial charge in [0.1, 0.15) is 36.2 Å². The molecule has 2 N–H and O–H groups in total. The van der Waals surface area contributed by atoms with E-state index in [1.807, 2.05) is 24.3 Å². The van der Waals surface area contributed by atoms with Crippen LogP contribution in [0.5, 0.6) is 23.0 Å². The van der Waals surface area contributed by atoms with Crippen LogP contribution < -0.4 is 9.47 Å². The van der Waals surface area contributed by atoms with Gasteiger partial charge in [-0.05, 0) is 182 Å². The fourth-order valence-electron chi connectivity index (χ4n) is 10.7. The van der Waals surface area contributed by atoms with E-state index in [4.69, 9.17) is 9.47 Å². The zero-order chi connectivity index (χ0) is 42.1. The van der Waals surface area contributed by atoms with Crippen LogP contribution in [0.15, 0.2) is 146 Å². The predicted octanol–water partition coefficient (Wildman–Crippen LogP) is 11.6. The Bertz CT molecular complexity index is 2160. The third kappa shape index (κ3) is 10.9. The van der Waals surface area contributed by atoms with Gasteiger partial charge in [-0.3, -0.25) is 9.80 Å². The highest BCUT2D eigenvalue weighted by Gasteiger charge is 2.33. The highest BCUT2D eigenvalue weighted by molar-refractivity contribution is 7.59. The van der Waals surface area contributed by atoms with Gasteiger partial charge in [0.15, 0.2) is 0 Å². The minimum Gasteiger partial charge on any atom is -0.508 e. The van der Waals surface area contributed by atoms with Crippen LogP contribution in [0.25, 0.3) is 0 Å². The maximum atomic E-state index is 10.0. The Labute approximate surface area is 382 Å². The molecule has 4 atom stereocenters. The molecule has 328 valence electrons. The second-order valence-corrected chi connectivity index (χ2v) is 17.8. The number of phenols is 2. The molecule has 6 nitrogen and oxygen atoms in total. The fourth-order valence-corrected chi connectivity index (χ4v) is 10.7. The molecule has 6 aromatic rings. The number of hydrogen-bond donors (Lipinski definition) is 2. The first kappa shape index (κ1) is 44.4. The summed E-state index contributed by atoms with van der Waals surface area (Å²) in [4.78, 5) is 4.96. The Morgan fingerprint density at radius 2 is 0.825 bits per heavy atom. The highest BCUT2D eigenvalue weighted by Crippen LogP contribution is 2.48. The molecule has 10 rings (SSSR count). The topological polar surface area (TPSA) is 65.4 Å². The minimum atomic E-state index is 0. The molecule has 4 aliphatic rings. The molecule has 2 aliphatic carbocycles. The number of ether oxygens (including phenoxy) is 2. The molecule has 2 heterocycles. The van der Waals surface area contributed by atoms with Crippen molar-refractivity contribution in [2.24, 2.45) is 0 Å². The van der Waals surface area contributed by atoms with Gasteiger partial charge in [0.2, 0.25) is 0 Å². The second kappa shape index (κ2) is 21.4. The Morgan fingerprint density at radius 3 is 1.21 bits per heavy atom. The number of hydrogen-bond acceptors (Lipinski definition) is 6. The van der Waals surface area contributed by atoms with E-state index in [-0.39, 0.29) is 25.3 Å². The number of rotatable bonds is 12. The summed E-state index contributed by atoms with van der Waals surface area (Å²) in [6.45, 7) is 8.35. The second-order valence-electron chi connectivity index (χ2n) is 17.8. The largest absolute Gasteiger partial charge is 0.508 e. The van der Waals surface area contributed by atoms with Crippen LogP contribution in [0.3, 0.4) is 0 Å². The Balaban J connectivity index is 0.000000170. The first-order valence-corrected chi connectivity index (χ1v) is 23.2. The lowest BCUT2D eigenvalue weighted by molar-refractivity contribution is 0.237. The van der Waals surface area contributed by atoms with Crippen LogP contribution in [0.4, 0.5) is 0 Å². The number of nitrogens with zero attached hydrogens (tertiary/aromatic N) is 2. The molecule has 0 bridgehead atoms. The van der Waals surface area contributed by atoms with Gasteiger partial charge in [0.25, 0.3) is 0 Å². The summed E-state index contributed by atoms with van der Waals surface area (Å²) in [5.41, 5.74) is 10.6. The lowest BCUT2D eigenvalue weighted by Gasteiger charge is -2.35. The average molecular weight is 861 g/mol. The van der Waals surface area contributed by atoms with Crippen molar-refractivity contribution in [2.75, 3.05) is 52.5 Å². The predicted molar refractivity (Wildman–Crippen MR) is 261 cm³/mol. The summed E-state index contributed by atoms with van der Waals surface area (Å²) in [5, 5.41) is 20.0. The lowest BCUT2D eigenvalue weighted by Crippen LogP contribution is -2.25. The maximum absolute atomic E-state index is 10.0. The number of benzene rings is 6. The molecule has 0 aromatic heterocycles. The first-order chi connectivity index (χ1) is 30.6. The molecule has 0 spiro atoms. The van der Waals surface area contributed by atoms with Crippen LogP contribution in [-0.2, 0) is 12.8 Å². The van der Waals surface area contributed by atoms with Crippen molar-refractivity contribution in [1.82, 2.24) is 9.80 Å². The van der Waals surface area contributed by atoms with Crippen molar-refractivity contribution in [3.8, 4) is 23.0 Å². The summed E-state index contributed by atoms with van der Waals surface area (Å²) >= 11 is 0. The quantitative estimate of drug-likeness (QED) is 0.128. The van der Waals surface area contributed by atoms with Crippen LogP contribution in [0, 0.1) is 0 Å². The monoisotopic (exact) mass is 860 g/mol. The first-order valence-electron chi connectivity index (χ1n) is 23.2. The van der Waals surface area contributed by atoms with Gasteiger partial charge in [0.05, 0.1) is 0 Å². The number of aromatic hydroxyl groups is 2. The highest BCUT2D eigenvalue weighted by atomic mass is 32.1. The van der Waals surface area contributed by atoms with Crippen LogP contribution in [-0.4, -0.2) is 72.5 Å². The third-order valence-electron chi connectivity index (χ3n) is 13.9. The molecular formula is C56H64N2O4S. The number of aryl methyl sites for hydroxylation is 2. The van der Waals surface area contributed by atoms with Crippen molar-refractivity contribution in [2.45, 2.75) is 75.0 Å². The normalized spacial score (nSPS) is 20.7. The molecule has 0 radical (unpaired) electrons. The van der Waals surface area contributed by atoms with E-state index in [0.29, 0.717) is 23.3 Å². The molecule has 2 unspecified atom stereocenters. The van der Waals surface area contributed by atoms with E-state index < -0.39 is 0 Å². The van der Waals surface area contributed by atoms with E-state index in [2.05, 4.69) is 131 Å². The summed E-state index contributed by atoms with van der Waals surface area (Å²) in [5.74, 6) is 4.04.